The van der Waals surface area contributed by atoms with Gasteiger partial charge >= 0.3 is 5.69 Å². The summed E-state index contributed by atoms with van der Waals surface area (Å²) in [7, 11) is 1.59. The molecule has 24 heavy (non-hydrogen) atoms. The molecule has 2 aromatic heterocycles. The predicted molar refractivity (Wildman–Crippen MR) is 94.2 cm³/mol. The van der Waals surface area contributed by atoms with E-state index in [1.165, 1.54) is 4.57 Å². The number of aryl methyl sites for hydroxylation is 1. The van der Waals surface area contributed by atoms with Crippen LogP contribution < -0.4 is 16.6 Å². The highest BCUT2D eigenvalue weighted by Crippen LogP contribution is 2.16. The fourth-order valence-electron chi connectivity index (χ4n) is 2.54. The minimum Gasteiger partial charge on any atom is -0.351 e. The van der Waals surface area contributed by atoms with Gasteiger partial charge in [0.25, 0.3) is 5.56 Å². The summed E-state index contributed by atoms with van der Waals surface area (Å²) < 4.78 is 3.12. The second-order valence-electron chi connectivity index (χ2n) is 5.44. The first-order valence-electron chi connectivity index (χ1n) is 7.70. The van der Waals surface area contributed by atoms with E-state index >= 15 is 0 Å². The molecule has 0 fully saturated rings. The highest BCUT2D eigenvalue weighted by molar-refractivity contribution is 5.74. The van der Waals surface area contributed by atoms with Gasteiger partial charge in [-0.2, -0.15) is 4.98 Å². The molecule has 0 saturated heterocycles. The number of allylic oxidation sites excluding steroid dienone is 2. The van der Waals surface area contributed by atoms with Crippen molar-refractivity contribution < 1.29 is 0 Å². The quantitative estimate of drug-likeness (QED) is 0.698. The second kappa shape index (κ2) is 6.57. The lowest BCUT2D eigenvalue weighted by Gasteiger charge is -2.08. The Morgan fingerprint density at radius 3 is 2.71 bits per heavy atom. The number of nitrogens with zero attached hydrogens (tertiary/aromatic N) is 3. The van der Waals surface area contributed by atoms with Crippen molar-refractivity contribution >= 4 is 17.1 Å². The molecular weight excluding hydrogens is 306 g/mol. The van der Waals surface area contributed by atoms with E-state index in [4.69, 9.17) is 0 Å². The van der Waals surface area contributed by atoms with E-state index in [0.29, 0.717) is 30.2 Å². The molecule has 0 aliphatic heterocycles. The minimum absolute atomic E-state index is 0.365. The topological polar surface area (TPSA) is 84.7 Å². The Labute approximate surface area is 138 Å². The lowest BCUT2D eigenvalue weighted by Crippen LogP contribution is -2.29. The van der Waals surface area contributed by atoms with Crippen molar-refractivity contribution in [1.82, 2.24) is 19.1 Å². The van der Waals surface area contributed by atoms with Crippen LogP contribution in [0.4, 0.5) is 5.95 Å². The Balaban J connectivity index is 2.08. The molecule has 0 radical (unpaired) electrons. The zero-order chi connectivity index (χ0) is 17.1. The van der Waals surface area contributed by atoms with Crippen molar-refractivity contribution in [2.75, 3.05) is 5.32 Å². The Hall–Kier alpha value is -3.09. The van der Waals surface area contributed by atoms with Crippen molar-refractivity contribution in [3.05, 3.63) is 68.9 Å². The smallest absolute Gasteiger partial charge is 0.329 e. The molecule has 2 N–H and O–H groups in total. The zero-order valence-electron chi connectivity index (χ0n) is 13.6. The molecule has 0 saturated carbocycles. The third-order valence-corrected chi connectivity index (χ3v) is 3.82. The van der Waals surface area contributed by atoms with Crippen LogP contribution in [0.15, 0.2) is 52.1 Å². The summed E-state index contributed by atoms with van der Waals surface area (Å²) in [5.74, 6) is 0.554. The molecule has 0 aliphatic carbocycles. The number of aromatic nitrogens is 4. The van der Waals surface area contributed by atoms with Crippen molar-refractivity contribution in [1.29, 1.82) is 0 Å². The van der Waals surface area contributed by atoms with Crippen LogP contribution in [0.5, 0.6) is 0 Å². The van der Waals surface area contributed by atoms with Gasteiger partial charge in [0.15, 0.2) is 11.2 Å². The van der Waals surface area contributed by atoms with Crippen LogP contribution in [0.25, 0.3) is 11.2 Å². The maximum atomic E-state index is 12.2. The van der Waals surface area contributed by atoms with E-state index in [9.17, 15) is 9.59 Å². The minimum atomic E-state index is -0.474. The lowest BCUT2D eigenvalue weighted by atomic mass is 10.2. The number of imidazole rings is 1. The number of hydrogen-bond donors (Lipinski definition) is 2. The largest absolute Gasteiger partial charge is 0.351 e. The van der Waals surface area contributed by atoms with Crippen LogP contribution in [-0.4, -0.2) is 19.1 Å². The van der Waals surface area contributed by atoms with Gasteiger partial charge in [0.2, 0.25) is 5.95 Å². The van der Waals surface area contributed by atoms with Gasteiger partial charge in [-0.25, -0.2) is 4.79 Å². The molecule has 0 unspecified atom stereocenters. The molecule has 0 spiro atoms. The number of nitrogens with one attached hydrogen (secondary N) is 2. The Kier molecular flexibility index (Phi) is 4.33. The molecular formula is C17H19N5O2. The SMILES string of the molecule is CC=CCn1c(NCc2ccccc2)nc2c1c(=O)[nH]c(=O)n2C. The summed E-state index contributed by atoms with van der Waals surface area (Å²) in [6.45, 7) is 2.98. The number of fused-ring (bicyclic) bond motifs is 1. The number of H-pyrrole nitrogens is 1. The third-order valence-electron chi connectivity index (χ3n) is 3.82. The summed E-state index contributed by atoms with van der Waals surface area (Å²) in [6, 6.07) is 9.91. The van der Waals surface area contributed by atoms with Gasteiger partial charge < -0.3 is 9.88 Å². The van der Waals surface area contributed by atoms with Gasteiger partial charge in [0.1, 0.15) is 0 Å². The van der Waals surface area contributed by atoms with Crippen molar-refractivity contribution in [2.45, 2.75) is 20.0 Å². The van der Waals surface area contributed by atoms with Crippen molar-refractivity contribution in [2.24, 2.45) is 7.05 Å². The predicted octanol–water partition coefficient (Wildman–Crippen LogP) is 1.61. The van der Waals surface area contributed by atoms with E-state index in [-0.39, 0.29) is 0 Å². The number of rotatable bonds is 5. The van der Waals surface area contributed by atoms with Crippen molar-refractivity contribution in [3.8, 4) is 0 Å². The number of aromatic amines is 1. The Morgan fingerprint density at radius 2 is 2.00 bits per heavy atom. The average Bonchev–Trinajstić information content (AvgIpc) is 2.96. The molecule has 124 valence electrons. The molecule has 7 nitrogen and oxygen atoms in total. The second-order valence-corrected chi connectivity index (χ2v) is 5.44. The number of hydrogen-bond acceptors (Lipinski definition) is 4. The lowest BCUT2D eigenvalue weighted by molar-refractivity contribution is 0.817. The molecule has 0 bridgehead atoms. The molecule has 2 heterocycles. The normalized spacial score (nSPS) is 11.4. The maximum Gasteiger partial charge on any atom is 0.329 e. The first-order valence-corrected chi connectivity index (χ1v) is 7.70. The first kappa shape index (κ1) is 15.8. The number of anilines is 1. The molecule has 7 heteroatoms. The summed E-state index contributed by atoms with van der Waals surface area (Å²) in [6.07, 6.45) is 3.84. The van der Waals surface area contributed by atoms with Gasteiger partial charge in [0, 0.05) is 20.1 Å². The fourth-order valence-corrected chi connectivity index (χ4v) is 2.54. The van der Waals surface area contributed by atoms with Crippen LogP contribution in [-0.2, 0) is 20.1 Å². The third kappa shape index (κ3) is 2.88. The van der Waals surface area contributed by atoms with Crippen LogP contribution >= 0.6 is 0 Å². The molecule has 0 aliphatic rings. The van der Waals surface area contributed by atoms with Gasteiger partial charge in [0.05, 0.1) is 0 Å². The number of benzene rings is 1. The fraction of sp³-hybridized carbons (Fsp3) is 0.235. The standard InChI is InChI=1S/C17H19N5O2/c1-3-4-10-22-13-14(21(2)17(24)20-15(13)23)19-16(22)18-11-12-8-6-5-7-9-12/h3-9H,10-11H2,1-2H3,(H,18,19)(H,20,23,24). The maximum absolute atomic E-state index is 12.2. The molecule has 0 atom stereocenters. The molecule has 3 aromatic rings. The van der Waals surface area contributed by atoms with Crippen molar-refractivity contribution in [3.63, 3.8) is 0 Å². The zero-order valence-corrected chi connectivity index (χ0v) is 13.6. The van der Waals surface area contributed by atoms with Gasteiger partial charge in [-0.15, -0.1) is 0 Å². The van der Waals surface area contributed by atoms with Gasteiger partial charge in [-0.05, 0) is 12.5 Å². The summed E-state index contributed by atoms with van der Waals surface area (Å²) in [4.78, 5) is 30.8. The summed E-state index contributed by atoms with van der Waals surface area (Å²) in [5.41, 5.74) is 0.940. The average molecular weight is 325 g/mol. The van der Waals surface area contributed by atoms with Crippen LogP contribution in [0.1, 0.15) is 12.5 Å². The monoisotopic (exact) mass is 325 g/mol. The highest BCUT2D eigenvalue weighted by Gasteiger charge is 2.16. The summed E-state index contributed by atoms with van der Waals surface area (Å²) in [5, 5.41) is 3.25. The van der Waals surface area contributed by atoms with E-state index in [1.807, 2.05) is 49.4 Å². The Bertz CT molecular complexity index is 995. The molecule has 0 amide bonds. The first-order chi connectivity index (χ1) is 11.6. The Morgan fingerprint density at radius 1 is 1.25 bits per heavy atom. The van der Waals surface area contributed by atoms with Crippen LogP contribution in [0.2, 0.25) is 0 Å². The highest BCUT2D eigenvalue weighted by atomic mass is 16.2. The van der Waals surface area contributed by atoms with E-state index in [2.05, 4.69) is 15.3 Å². The van der Waals surface area contributed by atoms with Gasteiger partial charge in [-0.3, -0.25) is 14.3 Å². The van der Waals surface area contributed by atoms with Gasteiger partial charge in [-0.1, -0.05) is 42.5 Å². The van der Waals surface area contributed by atoms with Crippen LogP contribution in [0.3, 0.4) is 0 Å². The van der Waals surface area contributed by atoms with Crippen LogP contribution in [0, 0.1) is 0 Å². The molecule has 3 rings (SSSR count). The van der Waals surface area contributed by atoms with E-state index in [0.717, 1.165) is 5.56 Å². The van der Waals surface area contributed by atoms with E-state index < -0.39 is 11.2 Å². The van der Waals surface area contributed by atoms with E-state index in [1.54, 1.807) is 11.6 Å². The molecule has 1 aromatic carbocycles. The summed E-state index contributed by atoms with van der Waals surface area (Å²) >= 11 is 0.